The molecule has 6 heteroatoms. The molecule has 0 heterocycles. The van der Waals surface area contributed by atoms with E-state index in [9.17, 15) is 8.76 Å². The molecule has 1 N–H and O–H groups in total. The third-order valence-electron chi connectivity index (χ3n) is 2.80. The Hall–Kier alpha value is -0.430. The molecule has 1 saturated carbocycles. The van der Waals surface area contributed by atoms with Gasteiger partial charge in [0, 0.05) is 17.8 Å². The summed E-state index contributed by atoms with van der Waals surface area (Å²) >= 11 is 1.28. The summed E-state index contributed by atoms with van der Waals surface area (Å²) in [6.07, 6.45) is 3.21. The summed E-state index contributed by atoms with van der Waals surface area (Å²) in [5.74, 6) is 1.58. The largest absolute Gasteiger partial charge is 0.760 e. The number of rotatable bonds is 7. The Kier molecular flexibility index (Phi) is 5.17. The molecule has 1 aromatic carbocycles. The van der Waals surface area contributed by atoms with Crippen LogP contribution in [0.25, 0.3) is 0 Å². The third kappa shape index (κ3) is 4.68. The van der Waals surface area contributed by atoms with Crippen LogP contribution in [0.15, 0.2) is 22.7 Å². The zero-order valence-electron chi connectivity index (χ0n) is 9.86. The summed E-state index contributed by atoms with van der Waals surface area (Å²) in [5, 5.41) is 0. The second kappa shape index (κ2) is 6.65. The molecule has 18 heavy (non-hydrogen) atoms. The van der Waals surface area contributed by atoms with Crippen molar-refractivity contribution in [3.05, 3.63) is 28.2 Å². The SMILES string of the molecule is O=S([O-])NCCc1ccc(OCC2CC2)c(Br)c1. The minimum absolute atomic E-state index is 0.408. The van der Waals surface area contributed by atoms with E-state index in [1.807, 2.05) is 18.2 Å². The van der Waals surface area contributed by atoms with Crippen LogP contribution in [-0.2, 0) is 17.7 Å². The van der Waals surface area contributed by atoms with Crippen LogP contribution in [0.4, 0.5) is 0 Å². The Morgan fingerprint density at radius 3 is 2.89 bits per heavy atom. The van der Waals surface area contributed by atoms with E-state index in [4.69, 9.17) is 4.74 Å². The lowest BCUT2D eigenvalue weighted by Crippen LogP contribution is -2.19. The fourth-order valence-electron chi connectivity index (χ4n) is 1.59. The van der Waals surface area contributed by atoms with Gasteiger partial charge < -0.3 is 9.29 Å². The van der Waals surface area contributed by atoms with Gasteiger partial charge in [0.15, 0.2) is 0 Å². The van der Waals surface area contributed by atoms with Crippen LogP contribution in [0.2, 0.25) is 0 Å². The van der Waals surface area contributed by atoms with E-state index < -0.39 is 11.3 Å². The highest BCUT2D eigenvalue weighted by Gasteiger charge is 2.22. The van der Waals surface area contributed by atoms with Crippen LogP contribution in [0.1, 0.15) is 18.4 Å². The van der Waals surface area contributed by atoms with Crippen LogP contribution in [0.5, 0.6) is 5.75 Å². The zero-order chi connectivity index (χ0) is 13.0. The first-order valence-electron chi connectivity index (χ1n) is 5.89. The minimum atomic E-state index is -2.19. The van der Waals surface area contributed by atoms with Crippen molar-refractivity contribution in [3.8, 4) is 5.75 Å². The van der Waals surface area contributed by atoms with Gasteiger partial charge in [-0.2, -0.15) is 0 Å². The first-order valence-corrected chi connectivity index (χ1v) is 7.76. The van der Waals surface area contributed by atoms with E-state index in [0.29, 0.717) is 13.0 Å². The topological polar surface area (TPSA) is 61.4 Å². The molecule has 1 aliphatic rings. The molecule has 0 saturated heterocycles. The van der Waals surface area contributed by atoms with E-state index in [1.54, 1.807) is 0 Å². The molecule has 4 nitrogen and oxygen atoms in total. The van der Waals surface area contributed by atoms with Crippen LogP contribution in [0.3, 0.4) is 0 Å². The molecule has 1 aliphatic carbocycles. The lowest BCUT2D eigenvalue weighted by molar-refractivity contribution is 0.298. The summed E-state index contributed by atoms with van der Waals surface area (Å²) in [4.78, 5) is 0. The van der Waals surface area contributed by atoms with Crippen molar-refractivity contribution >= 4 is 27.2 Å². The van der Waals surface area contributed by atoms with Crippen molar-refractivity contribution in [2.45, 2.75) is 19.3 Å². The van der Waals surface area contributed by atoms with Crippen molar-refractivity contribution in [1.82, 2.24) is 4.72 Å². The Labute approximate surface area is 118 Å². The van der Waals surface area contributed by atoms with Crippen molar-refractivity contribution in [2.75, 3.05) is 13.2 Å². The quantitative estimate of drug-likeness (QED) is 0.778. The van der Waals surface area contributed by atoms with Crippen LogP contribution < -0.4 is 9.46 Å². The molecule has 0 aromatic heterocycles. The molecule has 1 aromatic rings. The van der Waals surface area contributed by atoms with Gasteiger partial charge in [0.05, 0.1) is 11.1 Å². The maximum atomic E-state index is 10.3. The predicted molar refractivity (Wildman–Crippen MR) is 73.0 cm³/mol. The molecule has 0 aliphatic heterocycles. The van der Waals surface area contributed by atoms with E-state index >= 15 is 0 Å². The summed E-state index contributed by atoms with van der Waals surface area (Å²) in [6, 6.07) is 5.86. The molecule has 0 bridgehead atoms. The first kappa shape index (κ1) is 14.0. The molecule has 0 radical (unpaired) electrons. The van der Waals surface area contributed by atoms with Gasteiger partial charge >= 0.3 is 0 Å². The Morgan fingerprint density at radius 2 is 2.28 bits per heavy atom. The van der Waals surface area contributed by atoms with E-state index in [2.05, 4.69) is 20.7 Å². The highest BCUT2D eigenvalue weighted by atomic mass is 79.9. The lowest BCUT2D eigenvalue weighted by Gasteiger charge is -2.10. The van der Waals surface area contributed by atoms with E-state index in [0.717, 1.165) is 28.3 Å². The van der Waals surface area contributed by atoms with Gasteiger partial charge in [-0.3, -0.25) is 4.21 Å². The normalized spacial score (nSPS) is 16.6. The second-order valence-electron chi connectivity index (χ2n) is 4.40. The Morgan fingerprint density at radius 1 is 1.50 bits per heavy atom. The van der Waals surface area contributed by atoms with Crippen molar-refractivity contribution < 1.29 is 13.5 Å². The molecule has 2 rings (SSSR count). The average molecular weight is 333 g/mol. The molecular weight excluding hydrogens is 318 g/mol. The molecular formula is C12H15BrNO3S-. The highest BCUT2D eigenvalue weighted by molar-refractivity contribution is 9.10. The maximum Gasteiger partial charge on any atom is 0.133 e. The standard InChI is InChI=1S/C12H16BrNO3S/c13-11-7-9(5-6-14-18(15)16)3-4-12(11)17-8-10-1-2-10/h3-4,7,10,14H,1-2,5-6,8H2,(H,15,16)/p-1. The molecule has 0 spiro atoms. The minimum Gasteiger partial charge on any atom is -0.760 e. The summed E-state index contributed by atoms with van der Waals surface area (Å²) in [6.45, 7) is 1.19. The molecule has 1 fully saturated rings. The second-order valence-corrected chi connectivity index (χ2v) is 6.01. The monoisotopic (exact) mass is 332 g/mol. The van der Waals surface area contributed by atoms with E-state index in [1.165, 1.54) is 12.8 Å². The molecule has 0 amide bonds. The van der Waals surface area contributed by atoms with Crippen molar-refractivity contribution in [1.29, 1.82) is 0 Å². The molecule has 1 unspecified atom stereocenters. The predicted octanol–water partition coefficient (Wildman–Crippen LogP) is 2.16. The van der Waals surface area contributed by atoms with Gasteiger partial charge in [-0.25, -0.2) is 4.72 Å². The molecule has 1 atom stereocenters. The number of hydrogen-bond donors (Lipinski definition) is 1. The highest BCUT2D eigenvalue weighted by Crippen LogP contribution is 2.32. The van der Waals surface area contributed by atoms with E-state index in [-0.39, 0.29) is 0 Å². The fourth-order valence-corrected chi connectivity index (χ4v) is 2.40. The smallest absolute Gasteiger partial charge is 0.133 e. The van der Waals surface area contributed by atoms with Crippen molar-refractivity contribution in [3.63, 3.8) is 0 Å². The maximum absolute atomic E-state index is 10.3. The lowest BCUT2D eigenvalue weighted by atomic mass is 10.1. The van der Waals surface area contributed by atoms with Gasteiger partial charge in [0.25, 0.3) is 0 Å². The first-order chi connectivity index (χ1) is 8.65. The van der Waals surface area contributed by atoms with Crippen molar-refractivity contribution in [2.24, 2.45) is 5.92 Å². The number of hydrogen-bond acceptors (Lipinski definition) is 3. The number of ether oxygens (including phenoxy) is 1. The van der Waals surface area contributed by atoms with Crippen LogP contribution >= 0.6 is 15.9 Å². The zero-order valence-corrected chi connectivity index (χ0v) is 12.3. The number of benzene rings is 1. The summed E-state index contributed by atoms with van der Waals surface area (Å²) < 4.78 is 29.6. The molecule has 100 valence electrons. The van der Waals surface area contributed by atoms with Gasteiger partial charge in [0.2, 0.25) is 0 Å². The van der Waals surface area contributed by atoms with Gasteiger partial charge in [-0.1, -0.05) is 6.07 Å². The van der Waals surface area contributed by atoms with Gasteiger partial charge in [-0.15, -0.1) is 0 Å². The number of nitrogens with one attached hydrogen (secondary N) is 1. The summed E-state index contributed by atoms with van der Waals surface area (Å²) in [5.41, 5.74) is 1.07. The van der Waals surface area contributed by atoms with Crippen LogP contribution in [0, 0.1) is 5.92 Å². The Bertz CT molecular complexity index is 437. The average Bonchev–Trinajstić information content (AvgIpc) is 3.11. The van der Waals surface area contributed by atoms with Gasteiger partial charge in [-0.05, 0) is 58.8 Å². The van der Waals surface area contributed by atoms with Crippen LogP contribution in [-0.4, -0.2) is 21.9 Å². The fraction of sp³-hybridized carbons (Fsp3) is 0.500. The number of halogens is 1. The Balaban J connectivity index is 1.85. The third-order valence-corrected chi connectivity index (χ3v) is 3.86. The van der Waals surface area contributed by atoms with Gasteiger partial charge in [0.1, 0.15) is 5.75 Å². The summed E-state index contributed by atoms with van der Waals surface area (Å²) in [7, 11) is 0.